The van der Waals surface area contributed by atoms with Crippen LogP contribution in [0, 0.1) is 0 Å². The summed E-state index contributed by atoms with van der Waals surface area (Å²) in [6.45, 7) is 3.42. The molecular formula is C25H25N6O6P. The Morgan fingerprint density at radius 3 is 2.16 bits per heavy atom. The summed E-state index contributed by atoms with van der Waals surface area (Å²) >= 11 is 0. The molecule has 0 aliphatic carbocycles. The minimum Gasteiger partial charge on any atom is -0.361 e. The number of benzene rings is 2. The minimum atomic E-state index is -4.64. The highest BCUT2D eigenvalue weighted by atomic mass is 31.2. The fraction of sp³-hybridized carbons (Fsp3) is 0.200. The van der Waals surface area contributed by atoms with Crippen LogP contribution in [0.3, 0.4) is 0 Å². The molecule has 0 radical (unpaired) electrons. The van der Waals surface area contributed by atoms with Crippen molar-refractivity contribution in [1.29, 1.82) is 0 Å². The molecule has 1 fully saturated rings. The summed E-state index contributed by atoms with van der Waals surface area (Å²) in [6, 6.07) is 15.4. The van der Waals surface area contributed by atoms with Gasteiger partial charge >= 0.3 is 7.82 Å². The highest BCUT2D eigenvalue weighted by Crippen LogP contribution is 2.37. The first-order chi connectivity index (χ1) is 18.1. The molecule has 13 heteroatoms. The van der Waals surface area contributed by atoms with E-state index in [4.69, 9.17) is 29.2 Å². The van der Waals surface area contributed by atoms with Gasteiger partial charge in [0.05, 0.1) is 22.4 Å². The molecule has 0 unspecified atom stereocenters. The van der Waals surface area contributed by atoms with Crippen LogP contribution >= 0.6 is 7.82 Å². The molecule has 196 valence electrons. The topological polar surface area (TPSA) is 172 Å². The number of aromatic amines is 1. The molecule has 1 saturated heterocycles. The van der Waals surface area contributed by atoms with Gasteiger partial charge in [0, 0.05) is 54.2 Å². The first kappa shape index (κ1) is 25.7. The standard InChI is InChI=1S/C25H22N6O2.H3O4P/c1-30-10-12-31(13-11-30)25-27-19-9-5-3-7-16(19)22(28-25)21-20(23(32)29-24(21)33)17-14-26-18-8-4-2-6-15(17)18;1-5(2,3)4/h2-9,14,26H,10-13H2,1H3,(H,29,32,33);(H3,1,2,3,4). The number of piperazine rings is 1. The fourth-order valence-electron chi connectivity index (χ4n) is 4.62. The second-order valence-electron chi connectivity index (χ2n) is 8.97. The lowest BCUT2D eigenvalue weighted by atomic mass is 9.97. The van der Waals surface area contributed by atoms with Crippen LogP contribution in [0.4, 0.5) is 5.95 Å². The molecule has 5 N–H and O–H groups in total. The lowest BCUT2D eigenvalue weighted by Crippen LogP contribution is -2.45. The average Bonchev–Trinajstić information content (AvgIpc) is 3.42. The van der Waals surface area contributed by atoms with Gasteiger partial charge in [-0.3, -0.25) is 14.9 Å². The number of rotatable bonds is 3. The molecular weight excluding hydrogens is 511 g/mol. The highest BCUT2D eigenvalue weighted by Gasteiger charge is 2.35. The van der Waals surface area contributed by atoms with E-state index in [1.54, 1.807) is 6.20 Å². The van der Waals surface area contributed by atoms with Crippen LogP contribution in [0.5, 0.6) is 0 Å². The maximum absolute atomic E-state index is 13.1. The number of anilines is 1. The van der Waals surface area contributed by atoms with E-state index in [-0.39, 0.29) is 0 Å². The number of imide groups is 1. The van der Waals surface area contributed by atoms with Crippen molar-refractivity contribution < 1.29 is 28.8 Å². The van der Waals surface area contributed by atoms with Crippen molar-refractivity contribution in [3.63, 3.8) is 0 Å². The van der Waals surface area contributed by atoms with Crippen LogP contribution < -0.4 is 10.2 Å². The molecule has 0 bridgehead atoms. The van der Waals surface area contributed by atoms with E-state index in [1.807, 2.05) is 48.5 Å². The summed E-state index contributed by atoms with van der Waals surface area (Å²) in [6.07, 6.45) is 1.78. The van der Waals surface area contributed by atoms with Gasteiger partial charge in [-0.15, -0.1) is 0 Å². The monoisotopic (exact) mass is 536 g/mol. The number of fused-ring (bicyclic) bond motifs is 2. The van der Waals surface area contributed by atoms with Gasteiger partial charge in [-0.05, 0) is 19.2 Å². The van der Waals surface area contributed by atoms with Crippen molar-refractivity contribution >= 4 is 58.5 Å². The van der Waals surface area contributed by atoms with Crippen molar-refractivity contribution in [2.24, 2.45) is 0 Å². The van der Waals surface area contributed by atoms with E-state index < -0.39 is 19.6 Å². The predicted molar refractivity (Wildman–Crippen MR) is 142 cm³/mol. The van der Waals surface area contributed by atoms with Gasteiger partial charge in [-0.1, -0.05) is 36.4 Å². The third-order valence-electron chi connectivity index (χ3n) is 6.40. The van der Waals surface area contributed by atoms with E-state index in [0.717, 1.165) is 48.0 Å². The van der Waals surface area contributed by atoms with Gasteiger partial charge in [-0.2, -0.15) is 0 Å². The molecule has 0 atom stereocenters. The lowest BCUT2D eigenvalue weighted by molar-refractivity contribution is -0.122. The summed E-state index contributed by atoms with van der Waals surface area (Å²) in [5.41, 5.74) is 3.45. The molecule has 4 heterocycles. The van der Waals surface area contributed by atoms with Gasteiger partial charge in [-0.25, -0.2) is 14.5 Å². The number of hydrogen-bond acceptors (Lipinski definition) is 7. The van der Waals surface area contributed by atoms with Gasteiger partial charge < -0.3 is 29.5 Å². The molecule has 6 rings (SSSR count). The summed E-state index contributed by atoms with van der Waals surface area (Å²) in [5, 5.41) is 4.12. The third kappa shape index (κ3) is 5.21. The van der Waals surface area contributed by atoms with Crippen LogP contribution in [0.25, 0.3) is 33.0 Å². The Balaban J connectivity index is 0.000000540. The van der Waals surface area contributed by atoms with E-state index in [9.17, 15) is 9.59 Å². The predicted octanol–water partition coefficient (Wildman–Crippen LogP) is 1.50. The summed E-state index contributed by atoms with van der Waals surface area (Å²) < 4.78 is 8.88. The Morgan fingerprint density at radius 1 is 0.842 bits per heavy atom. The quantitative estimate of drug-likeness (QED) is 0.191. The van der Waals surface area contributed by atoms with Crippen molar-refractivity contribution in [2.45, 2.75) is 0 Å². The number of phosphoric acid groups is 1. The molecule has 0 saturated carbocycles. The second-order valence-corrected chi connectivity index (χ2v) is 10.0. The first-order valence-electron chi connectivity index (χ1n) is 11.8. The van der Waals surface area contributed by atoms with Crippen LogP contribution in [0.1, 0.15) is 11.3 Å². The number of carbonyl (C=O) groups is 2. The smallest absolute Gasteiger partial charge is 0.361 e. The number of amides is 2. The van der Waals surface area contributed by atoms with E-state index >= 15 is 0 Å². The lowest BCUT2D eigenvalue weighted by Gasteiger charge is -2.32. The molecule has 2 aromatic carbocycles. The van der Waals surface area contributed by atoms with Crippen molar-refractivity contribution in [3.8, 4) is 0 Å². The normalized spacial score (nSPS) is 16.7. The van der Waals surface area contributed by atoms with Crippen LogP contribution in [0.2, 0.25) is 0 Å². The SMILES string of the molecule is CN1CCN(c2nc(C3=C(c4c[nH]c5ccccc45)C(=O)NC3=O)c3ccccc3n2)CC1.O=P(O)(O)O. The van der Waals surface area contributed by atoms with Crippen molar-refractivity contribution in [3.05, 3.63) is 66.0 Å². The maximum Gasteiger partial charge on any atom is 0.466 e. The number of nitrogens with one attached hydrogen (secondary N) is 2. The molecule has 2 aliphatic rings. The summed E-state index contributed by atoms with van der Waals surface area (Å²) in [7, 11) is -2.54. The molecule has 2 aliphatic heterocycles. The third-order valence-corrected chi connectivity index (χ3v) is 6.40. The van der Waals surface area contributed by atoms with Crippen molar-refractivity contribution in [2.75, 3.05) is 38.1 Å². The van der Waals surface area contributed by atoms with Crippen LogP contribution in [-0.2, 0) is 14.2 Å². The molecule has 2 aromatic heterocycles. The van der Waals surface area contributed by atoms with Gasteiger partial charge in [0.2, 0.25) is 5.95 Å². The van der Waals surface area contributed by atoms with E-state index in [0.29, 0.717) is 28.4 Å². The molecule has 0 spiro atoms. The number of hydrogen-bond donors (Lipinski definition) is 5. The maximum atomic E-state index is 13.1. The Morgan fingerprint density at radius 2 is 1.45 bits per heavy atom. The van der Waals surface area contributed by atoms with Gasteiger partial charge in [0.1, 0.15) is 0 Å². The largest absolute Gasteiger partial charge is 0.466 e. The van der Waals surface area contributed by atoms with E-state index in [2.05, 4.69) is 27.1 Å². The first-order valence-corrected chi connectivity index (χ1v) is 13.3. The number of H-pyrrole nitrogens is 1. The summed E-state index contributed by atoms with van der Waals surface area (Å²) in [5.74, 6) is -0.271. The number of nitrogens with zero attached hydrogens (tertiary/aromatic N) is 4. The Hall–Kier alpha value is -3.93. The highest BCUT2D eigenvalue weighted by molar-refractivity contribution is 7.45. The molecule has 38 heavy (non-hydrogen) atoms. The van der Waals surface area contributed by atoms with Crippen molar-refractivity contribution in [1.82, 2.24) is 25.2 Å². The van der Waals surface area contributed by atoms with Gasteiger partial charge in [0.15, 0.2) is 0 Å². The van der Waals surface area contributed by atoms with Crippen LogP contribution in [-0.4, -0.2) is 79.6 Å². The van der Waals surface area contributed by atoms with Gasteiger partial charge in [0.25, 0.3) is 11.8 Å². The average molecular weight is 536 g/mol. The number of aromatic nitrogens is 3. The zero-order valence-corrected chi connectivity index (χ0v) is 21.2. The Bertz CT molecular complexity index is 1630. The summed E-state index contributed by atoms with van der Waals surface area (Å²) in [4.78, 5) is 65.0. The molecule has 4 aromatic rings. The molecule has 12 nitrogen and oxygen atoms in total. The number of carbonyl (C=O) groups excluding carboxylic acids is 2. The van der Waals surface area contributed by atoms with Crippen LogP contribution in [0.15, 0.2) is 54.7 Å². The minimum absolute atomic E-state index is 0.290. The second kappa shape index (κ2) is 10.1. The Kier molecular flexibility index (Phi) is 6.82. The fourth-order valence-corrected chi connectivity index (χ4v) is 4.62. The Labute approximate surface area is 216 Å². The number of likely N-dealkylation sites (N-methyl/N-ethyl adjacent to an activating group) is 1. The molecule has 2 amide bonds. The zero-order valence-electron chi connectivity index (χ0n) is 20.3. The van der Waals surface area contributed by atoms with E-state index in [1.165, 1.54) is 0 Å². The zero-order chi connectivity index (χ0) is 27.0. The number of para-hydroxylation sites is 2.